The first kappa shape index (κ1) is 25.3. The number of carboxylic acid groups (broad SMARTS) is 1. The van der Waals surface area contributed by atoms with Crippen LogP contribution < -0.4 is 10.6 Å². The molecule has 2 aromatic rings. The molecule has 0 heterocycles. The highest BCUT2D eigenvalue weighted by Crippen LogP contribution is 2.44. The summed E-state index contributed by atoms with van der Waals surface area (Å²) in [7, 11) is 0. The molecule has 7 heteroatoms. The van der Waals surface area contributed by atoms with E-state index < -0.39 is 29.6 Å². The van der Waals surface area contributed by atoms with Crippen molar-refractivity contribution in [2.75, 3.05) is 6.61 Å². The van der Waals surface area contributed by atoms with Gasteiger partial charge < -0.3 is 20.5 Å². The molecule has 0 saturated heterocycles. The average Bonchev–Trinajstić information content (AvgIpc) is 3.14. The van der Waals surface area contributed by atoms with E-state index in [4.69, 9.17) is 4.74 Å². The largest absolute Gasteiger partial charge is 0.480 e. The molecule has 34 heavy (non-hydrogen) atoms. The van der Waals surface area contributed by atoms with Crippen molar-refractivity contribution >= 4 is 18.0 Å². The smallest absolute Gasteiger partial charge is 0.408 e. The van der Waals surface area contributed by atoms with Gasteiger partial charge in [0, 0.05) is 5.92 Å². The maximum atomic E-state index is 13.1. The van der Waals surface area contributed by atoms with Gasteiger partial charge >= 0.3 is 12.1 Å². The first-order chi connectivity index (χ1) is 16.2. The molecule has 2 amide bonds. The molecule has 1 aliphatic carbocycles. The summed E-state index contributed by atoms with van der Waals surface area (Å²) in [6.07, 6.45) is 0.856. The lowest BCUT2D eigenvalue weighted by Gasteiger charge is -2.31. The van der Waals surface area contributed by atoms with Gasteiger partial charge in [-0.25, -0.2) is 9.59 Å². The third kappa shape index (κ3) is 5.24. The fourth-order valence-corrected chi connectivity index (χ4v) is 4.58. The molecule has 2 unspecified atom stereocenters. The second-order valence-corrected chi connectivity index (χ2v) is 9.21. The Morgan fingerprint density at radius 3 is 2.09 bits per heavy atom. The fraction of sp³-hybridized carbons (Fsp3) is 0.444. The van der Waals surface area contributed by atoms with Crippen molar-refractivity contribution in [1.82, 2.24) is 10.6 Å². The highest BCUT2D eigenvalue weighted by Gasteiger charge is 2.38. The maximum absolute atomic E-state index is 13.1. The molecule has 3 atom stereocenters. The zero-order valence-electron chi connectivity index (χ0n) is 20.3. The van der Waals surface area contributed by atoms with Crippen LogP contribution in [0.1, 0.15) is 64.0 Å². The van der Waals surface area contributed by atoms with Gasteiger partial charge in [0.25, 0.3) is 0 Å². The van der Waals surface area contributed by atoms with Crippen molar-refractivity contribution in [3.05, 3.63) is 59.7 Å². The van der Waals surface area contributed by atoms with Crippen LogP contribution in [0, 0.1) is 5.92 Å². The van der Waals surface area contributed by atoms with Crippen LogP contribution in [0.25, 0.3) is 11.1 Å². The number of benzene rings is 2. The van der Waals surface area contributed by atoms with Gasteiger partial charge in [-0.1, -0.05) is 82.1 Å². The van der Waals surface area contributed by atoms with Crippen molar-refractivity contribution in [3.8, 4) is 11.1 Å². The highest BCUT2D eigenvalue weighted by atomic mass is 16.5. The molecule has 0 aliphatic heterocycles. The maximum Gasteiger partial charge on any atom is 0.408 e. The summed E-state index contributed by atoms with van der Waals surface area (Å²) in [5.41, 5.74) is 3.17. The number of carboxylic acids is 1. The molecular formula is C27H34N2O5. The van der Waals surface area contributed by atoms with Crippen LogP contribution >= 0.6 is 0 Å². The summed E-state index contributed by atoms with van der Waals surface area (Å²) in [5, 5.41) is 14.9. The molecule has 0 saturated carbocycles. The normalized spacial score (nSPS) is 15.9. The van der Waals surface area contributed by atoms with Gasteiger partial charge in [-0.2, -0.15) is 0 Å². The molecule has 0 bridgehead atoms. The Kier molecular flexibility index (Phi) is 7.97. The minimum Gasteiger partial charge on any atom is -0.480 e. The van der Waals surface area contributed by atoms with Crippen molar-refractivity contribution in [2.24, 2.45) is 5.92 Å². The Morgan fingerprint density at radius 2 is 1.59 bits per heavy atom. The monoisotopic (exact) mass is 466 g/mol. The number of fused-ring (bicyclic) bond motifs is 3. The Bertz CT molecular complexity index is 1010. The van der Waals surface area contributed by atoms with E-state index >= 15 is 0 Å². The van der Waals surface area contributed by atoms with E-state index in [1.54, 1.807) is 13.8 Å². The molecule has 0 fully saturated rings. The van der Waals surface area contributed by atoms with Gasteiger partial charge in [0.2, 0.25) is 5.91 Å². The number of aliphatic carboxylic acids is 1. The predicted molar refractivity (Wildman–Crippen MR) is 131 cm³/mol. The molecule has 0 radical (unpaired) electrons. The first-order valence-electron chi connectivity index (χ1n) is 11.9. The zero-order chi connectivity index (χ0) is 24.9. The van der Waals surface area contributed by atoms with E-state index in [-0.39, 0.29) is 18.4 Å². The lowest BCUT2D eigenvalue weighted by atomic mass is 9.92. The van der Waals surface area contributed by atoms with E-state index in [1.807, 2.05) is 50.2 Å². The molecule has 7 nitrogen and oxygen atoms in total. The SMILES string of the molecule is CCCC(C)(NC(=O)OCC1c2ccccc2-c2ccccc21)C(=O)N[C@H](C(=O)O)C(C)CC. The quantitative estimate of drug-likeness (QED) is 0.471. The van der Waals surface area contributed by atoms with Crippen LogP contribution in [0.15, 0.2) is 48.5 Å². The van der Waals surface area contributed by atoms with E-state index in [0.717, 1.165) is 22.3 Å². The van der Waals surface area contributed by atoms with Gasteiger partial charge in [-0.3, -0.25) is 4.79 Å². The minimum atomic E-state index is -1.29. The standard InChI is InChI=1S/C27H34N2O5/c1-5-15-27(4,25(32)28-23(24(30)31)17(3)6-2)29-26(33)34-16-22-20-13-9-7-11-18(20)19-12-8-10-14-21(19)22/h7-14,17,22-23H,5-6,15-16H2,1-4H3,(H,28,32)(H,29,33)(H,30,31)/t17?,23-,27?/m0/s1. The van der Waals surface area contributed by atoms with Crippen LogP contribution in [0.2, 0.25) is 0 Å². The van der Waals surface area contributed by atoms with Gasteiger partial charge in [-0.05, 0) is 41.5 Å². The fourth-order valence-electron chi connectivity index (χ4n) is 4.58. The zero-order valence-corrected chi connectivity index (χ0v) is 20.3. The molecule has 3 N–H and O–H groups in total. The van der Waals surface area contributed by atoms with Crippen molar-refractivity contribution < 1.29 is 24.2 Å². The van der Waals surface area contributed by atoms with Crippen molar-refractivity contribution in [3.63, 3.8) is 0 Å². The van der Waals surface area contributed by atoms with Crippen molar-refractivity contribution in [2.45, 2.75) is 64.5 Å². The summed E-state index contributed by atoms with van der Waals surface area (Å²) in [4.78, 5) is 37.5. The van der Waals surface area contributed by atoms with Gasteiger partial charge in [-0.15, -0.1) is 0 Å². The van der Waals surface area contributed by atoms with E-state index in [0.29, 0.717) is 19.3 Å². The summed E-state index contributed by atoms with van der Waals surface area (Å²) < 4.78 is 5.61. The predicted octanol–water partition coefficient (Wildman–Crippen LogP) is 4.70. The van der Waals surface area contributed by atoms with Crippen LogP contribution in [0.5, 0.6) is 0 Å². The minimum absolute atomic E-state index is 0.0915. The van der Waals surface area contributed by atoms with Crippen LogP contribution in [-0.2, 0) is 14.3 Å². The van der Waals surface area contributed by atoms with Gasteiger partial charge in [0.05, 0.1) is 0 Å². The summed E-state index contributed by atoms with van der Waals surface area (Å²) in [5.74, 6) is -1.97. The van der Waals surface area contributed by atoms with Crippen LogP contribution in [-0.4, -0.2) is 41.3 Å². The number of amides is 2. The third-order valence-electron chi connectivity index (χ3n) is 6.74. The number of rotatable bonds is 10. The topological polar surface area (TPSA) is 105 Å². The van der Waals surface area contributed by atoms with Gasteiger partial charge in [0.15, 0.2) is 0 Å². The van der Waals surface area contributed by atoms with Gasteiger partial charge in [0.1, 0.15) is 18.2 Å². The molecular weight excluding hydrogens is 432 g/mol. The number of carbonyl (C=O) groups is 3. The van der Waals surface area contributed by atoms with Crippen LogP contribution in [0.3, 0.4) is 0 Å². The first-order valence-corrected chi connectivity index (χ1v) is 11.9. The summed E-state index contributed by atoms with van der Waals surface area (Å²) in [6, 6.07) is 15.1. The Hall–Kier alpha value is -3.35. The van der Waals surface area contributed by atoms with Crippen LogP contribution in [0.4, 0.5) is 4.79 Å². The summed E-state index contributed by atoms with van der Waals surface area (Å²) >= 11 is 0. The lowest BCUT2D eigenvalue weighted by molar-refractivity contribution is -0.144. The molecule has 2 aromatic carbocycles. The summed E-state index contributed by atoms with van der Waals surface area (Å²) in [6.45, 7) is 7.27. The number of carbonyl (C=O) groups excluding carboxylic acids is 2. The Morgan fingerprint density at radius 1 is 1.03 bits per heavy atom. The van der Waals surface area contributed by atoms with E-state index in [2.05, 4.69) is 22.8 Å². The molecule has 0 spiro atoms. The second kappa shape index (κ2) is 10.7. The number of ether oxygens (including phenoxy) is 1. The third-order valence-corrected chi connectivity index (χ3v) is 6.74. The molecule has 3 rings (SSSR count). The van der Waals surface area contributed by atoms with Crippen molar-refractivity contribution in [1.29, 1.82) is 0 Å². The van der Waals surface area contributed by atoms with E-state index in [1.165, 1.54) is 0 Å². The number of hydrogen-bond donors (Lipinski definition) is 3. The number of hydrogen-bond acceptors (Lipinski definition) is 4. The highest BCUT2D eigenvalue weighted by molar-refractivity contribution is 5.92. The Balaban J connectivity index is 1.70. The Labute approximate surface area is 200 Å². The number of nitrogens with one attached hydrogen (secondary N) is 2. The average molecular weight is 467 g/mol. The van der Waals surface area contributed by atoms with E-state index in [9.17, 15) is 19.5 Å². The second-order valence-electron chi connectivity index (χ2n) is 9.21. The molecule has 182 valence electrons. The number of alkyl carbamates (subject to hydrolysis) is 1. The molecule has 0 aromatic heterocycles. The molecule has 1 aliphatic rings. The lowest BCUT2D eigenvalue weighted by Crippen LogP contribution is -2.60.